The van der Waals surface area contributed by atoms with E-state index in [4.69, 9.17) is 11.5 Å². The van der Waals surface area contributed by atoms with E-state index in [1.54, 1.807) is 43.1 Å². The smallest absolute Gasteiger partial charge is 0.172 e. The van der Waals surface area contributed by atoms with Gasteiger partial charge in [-0.25, -0.2) is 38.7 Å². The summed E-state index contributed by atoms with van der Waals surface area (Å²) in [6.07, 6.45) is 7.47. The minimum absolute atomic E-state index is 0.128. The minimum Gasteiger partial charge on any atom is -0.385 e. The number of hydrogen-bond acceptors (Lipinski definition) is 9. The Morgan fingerprint density at radius 2 is 1.90 bits per heavy atom. The maximum absolute atomic E-state index is 13.3. The first kappa shape index (κ1) is 28.4. The SMILES string of the molecule is C=C/C(F)=C\N=C(N)[C@H](C)Nc1ccc(C(N)=Nc2cn(C)cn2)c(NC(=C)N[C@@H](C)c2ncc(F)cn2)n1. The van der Waals surface area contributed by atoms with Crippen LogP contribution in [0, 0.1) is 5.82 Å². The number of hydrogen-bond donors (Lipinski definition) is 5. The van der Waals surface area contributed by atoms with Crippen molar-refractivity contribution in [3.8, 4) is 0 Å². The summed E-state index contributed by atoms with van der Waals surface area (Å²) in [5.41, 5.74) is 12.7. The van der Waals surface area contributed by atoms with Gasteiger partial charge in [0.05, 0.1) is 48.4 Å². The predicted octanol–water partition coefficient (Wildman–Crippen LogP) is 3.17. The molecule has 3 aromatic rings. The van der Waals surface area contributed by atoms with E-state index in [-0.39, 0.29) is 11.7 Å². The molecular weight excluding hydrogens is 506 g/mol. The third kappa shape index (κ3) is 8.18. The summed E-state index contributed by atoms with van der Waals surface area (Å²) in [6.45, 7) is 10.8. The van der Waals surface area contributed by atoms with Gasteiger partial charge in [-0.2, -0.15) is 0 Å². The zero-order valence-corrected chi connectivity index (χ0v) is 21.7. The van der Waals surface area contributed by atoms with E-state index in [0.29, 0.717) is 34.7 Å². The number of aryl methyl sites for hydroxylation is 1. The van der Waals surface area contributed by atoms with Crippen LogP contribution < -0.4 is 27.4 Å². The maximum atomic E-state index is 13.3. The van der Waals surface area contributed by atoms with Gasteiger partial charge in [0.1, 0.15) is 35.0 Å². The normalized spacial score (nSPS) is 13.9. The summed E-state index contributed by atoms with van der Waals surface area (Å²) in [6, 6.07) is 2.48. The van der Waals surface area contributed by atoms with Crippen molar-refractivity contribution >= 4 is 29.1 Å². The van der Waals surface area contributed by atoms with Crippen molar-refractivity contribution in [1.29, 1.82) is 0 Å². The number of amidine groups is 2. The largest absolute Gasteiger partial charge is 0.385 e. The van der Waals surface area contributed by atoms with E-state index in [1.807, 2.05) is 7.05 Å². The fourth-order valence-electron chi connectivity index (χ4n) is 3.13. The first-order valence-electron chi connectivity index (χ1n) is 11.7. The molecule has 0 amide bonds. The second-order valence-electron chi connectivity index (χ2n) is 8.35. The van der Waals surface area contributed by atoms with Gasteiger partial charge in [-0.1, -0.05) is 13.2 Å². The molecule has 3 aromatic heterocycles. The highest BCUT2D eigenvalue weighted by Gasteiger charge is 2.16. The third-order valence-corrected chi connectivity index (χ3v) is 5.13. The molecule has 39 heavy (non-hydrogen) atoms. The zero-order chi connectivity index (χ0) is 28.5. The van der Waals surface area contributed by atoms with Gasteiger partial charge in [0.2, 0.25) is 0 Å². The summed E-state index contributed by atoms with van der Waals surface area (Å²) in [7, 11) is 1.82. The Morgan fingerprint density at radius 3 is 2.54 bits per heavy atom. The minimum atomic E-state index is -0.618. The van der Waals surface area contributed by atoms with E-state index in [9.17, 15) is 8.78 Å². The molecule has 3 rings (SSSR count). The average molecular weight is 537 g/mol. The lowest BCUT2D eigenvalue weighted by Crippen LogP contribution is -2.33. The molecule has 0 saturated heterocycles. The number of nitrogens with one attached hydrogen (secondary N) is 3. The van der Waals surface area contributed by atoms with E-state index < -0.39 is 23.7 Å². The third-order valence-electron chi connectivity index (χ3n) is 5.13. The Labute approximate surface area is 224 Å². The van der Waals surface area contributed by atoms with Crippen molar-refractivity contribution in [3.05, 3.63) is 91.3 Å². The average Bonchev–Trinajstić information content (AvgIpc) is 3.31. The number of rotatable bonds is 12. The number of pyridine rings is 1. The van der Waals surface area contributed by atoms with Crippen LogP contribution in [-0.4, -0.2) is 42.2 Å². The van der Waals surface area contributed by atoms with E-state index in [1.165, 1.54) is 0 Å². The molecule has 0 saturated carbocycles. The van der Waals surface area contributed by atoms with Crippen LogP contribution in [0.25, 0.3) is 0 Å². The Morgan fingerprint density at radius 1 is 1.18 bits per heavy atom. The van der Waals surface area contributed by atoms with Gasteiger partial charge in [-0.15, -0.1) is 0 Å². The lowest BCUT2D eigenvalue weighted by molar-refractivity contribution is 0.579. The van der Waals surface area contributed by atoms with E-state index in [0.717, 1.165) is 24.7 Å². The lowest BCUT2D eigenvalue weighted by atomic mass is 10.2. The van der Waals surface area contributed by atoms with Crippen molar-refractivity contribution in [2.45, 2.75) is 25.9 Å². The number of aromatic nitrogens is 5. The van der Waals surface area contributed by atoms with Gasteiger partial charge >= 0.3 is 0 Å². The highest BCUT2D eigenvalue weighted by Crippen LogP contribution is 2.21. The topological polar surface area (TPSA) is 169 Å². The van der Waals surface area contributed by atoms with Gasteiger partial charge in [0.15, 0.2) is 11.6 Å². The highest BCUT2D eigenvalue weighted by molar-refractivity contribution is 6.03. The molecule has 0 aliphatic heterocycles. The Hall–Kier alpha value is -5.14. The van der Waals surface area contributed by atoms with Crippen LogP contribution in [0.3, 0.4) is 0 Å². The molecule has 3 heterocycles. The van der Waals surface area contributed by atoms with Crippen molar-refractivity contribution < 1.29 is 8.78 Å². The van der Waals surface area contributed by atoms with Crippen molar-refractivity contribution in [2.24, 2.45) is 28.5 Å². The summed E-state index contributed by atoms with van der Waals surface area (Å²) >= 11 is 0. The standard InChI is InChI=1S/C25H30F2N12/c1-6-17(26)9-30-22(28)14(2)35-20-8-7-19(23(29)37-21-12-39(5)13-33-21)25(38-20)36-16(4)34-15(3)24-31-10-18(27)11-32-24/h6-15,34H,1,4H2,2-3,5H3,(H2,28,30)(H2,29,37)(H2,35,36,38)/b17-9+/t14-,15-/m0/s1. The van der Waals surface area contributed by atoms with Gasteiger partial charge in [0.25, 0.3) is 0 Å². The number of nitrogens with two attached hydrogens (primary N) is 2. The van der Waals surface area contributed by atoms with Crippen LogP contribution in [0.5, 0.6) is 0 Å². The number of aliphatic imine (C=N–C) groups is 2. The Kier molecular flexibility index (Phi) is 9.40. The molecule has 12 nitrogen and oxygen atoms in total. The molecule has 0 bridgehead atoms. The van der Waals surface area contributed by atoms with Gasteiger partial charge in [-0.05, 0) is 32.1 Å². The molecule has 7 N–H and O–H groups in total. The Bertz CT molecular complexity index is 1410. The first-order chi connectivity index (χ1) is 18.5. The molecule has 0 aromatic carbocycles. The lowest BCUT2D eigenvalue weighted by Gasteiger charge is -2.20. The van der Waals surface area contributed by atoms with Gasteiger partial charge < -0.3 is 32.0 Å². The molecule has 0 spiro atoms. The first-order valence-corrected chi connectivity index (χ1v) is 11.7. The monoisotopic (exact) mass is 536 g/mol. The number of imidazole rings is 1. The highest BCUT2D eigenvalue weighted by atomic mass is 19.1. The van der Waals surface area contributed by atoms with Crippen LogP contribution in [0.1, 0.15) is 31.3 Å². The molecule has 0 aliphatic carbocycles. The molecule has 204 valence electrons. The summed E-state index contributed by atoms with van der Waals surface area (Å²) in [5.74, 6) is 0.963. The Balaban J connectivity index is 1.87. The van der Waals surface area contributed by atoms with Crippen molar-refractivity contribution in [1.82, 2.24) is 29.8 Å². The van der Waals surface area contributed by atoms with Crippen LogP contribution in [0.4, 0.5) is 26.2 Å². The number of anilines is 2. The second kappa shape index (κ2) is 12.9. The van der Waals surface area contributed by atoms with Crippen molar-refractivity contribution in [3.63, 3.8) is 0 Å². The number of nitrogens with zero attached hydrogens (tertiary/aromatic N) is 7. The van der Waals surface area contributed by atoms with E-state index in [2.05, 4.69) is 59.0 Å². The molecule has 0 radical (unpaired) electrons. The van der Waals surface area contributed by atoms with Crippen LogP contribution in [0.15, 0.2) is 84.1 Å². The fraction of sp³-hybridized carbons (Fsp3) is 0.200. The van der Waals surface area contributed by atoms with Crippen LogP contribution >= 0.6 is 0 Å². The van der Waals surface area contributed by atoms with Crippen LogP contribution in [0.2, 0.25) is 0 Å². The molecular formula is C25H30F2N12. The van der Waals surface area contributed by atoms with Gasteiger partial charge in [0, 0.05) is 13.2 Å². The van der Waals surface area contributed by atoms with E-state index >= 15 is 0 Å². The second-order valence-corrected chi connectivity index (χ2v) is 8.35. The maximum Gasteiger partial charge on any atom is 0.172 e. The van der Waals surface area contributed by atoms with Crippen LogP contribution in [-0.2, 0) is 7.05 Å². The molecule has 0 aliphatic rings. The summed E-state index contributed by atoms with van der Waals surface area (Å²) in [4.78, 5) is 25.0. The quantitative estimate of drug-likeness (QED) is 0.133. The number of halogens is 2. The molecule has 0 unspecified atom stereocenters. The molecule has 2 atom stereocenters. The predicted molar refractivity (Wildman–Crippen MR) is 148 cm³/mol. The number of allylic oxidation sites excluding steroid dienone is 2. The van der Waals surface area contributed by atoms with Gasteiger partial charge in [-0.3, -0.25) is 0 Å². The summed E-state index contributed by atoms with van der Waals surface area (Å²) < 4.78 is 28.3. The molecule has 0 fully saturated rings. The van der Waals surface area contributed by atoms with Crippen molar-refractivity contribution in [2.75, 3.05) is 10.6 Å². The zero-order valence-electron chi connectivity index (χ0n) is 21.7. The fourth-order valence-corrected chi connectivity index (χ4v) is 3.13. The summed E-state index contributed by atoms with van der Waals surface area (Å²) in [5, 5.41) is 9.28. The molecule has 14 heteroatoms.